The second kappa shape index (κ2) is 9.46. The average molecular weight is 378 g/mol. The van der Waals surface area contributed by atoms with E-state index in [9.17, 15) is 4.79 Å². The quantitative estimate of drug-likeness (QED) is 0.742. The molecule has 6 heteroatoms. The summed E-state index contributed by atoms with van der Waals surface area (Å²) in [5, 5.41) is 3.74. The van der Waals surface area contributed by atoms with Crippen LogP contribution in [-0.4, -0.2) is 33.7 Å². The van der Waals surface area contributed by atoms with Crippen molar-refractivity contribution in [2.75, 3.05) is 27.8 Å². The highest BCUT2D eigenvalue weighted by molar-refractivity contribution is 6.30. The Morgan fingerprint density at radius 3 is 2.46 bits per heavy atom. The van der Waals surface area contributed by atoms with Gasteiger partial charge >= 0.3 is 0 Å². The molecule has 0 radical (unpaired) electrons. The van der Waals surface area contributed by atoms with Crippen molar-refractivity contribution < 1.29 is 19.2 Å². The largest absolute Gasteiger partial charge is 0.497 e. The maximum absolute atomic E-state index is 12.4. The van der Waals surface area contributed by atoms with Crippen molar-refractivity contribution >= 4 is 17.5 Å². The van der Waals surface area contributed by atoms with Crippen LogP contribution >= 0.6 is 11.6 Å². The number of rotatable bonds is 8. The smallest absolute Gasteiger partial charge is 0.275 e. The summed E-state index contributed by atoms with van der Waals surface area (Å²) in [7, 11) is 5.22. The zero-order chi connectivity index (χ0) is 19.1. The van der Waals surface area contributed by atoms with Crippen molar-refractivity contribution in [1.82, 2.24) is 5.32 Å². The van der Waals surface area contributed by atoms with Gasteiger partial charge in [0.2, 0.25) is 0 Å². The maximum atomic E-state index is 12.4. The molecular weight excluding hydrogens is 352 g/mol. The molecule has 0 aliphatic rings. The molecule has 0 aromatic heterocycles. The van der Waals surface area contributed by atoms with Gasteiger partial charge in [-0.3, -0.25) is 4.79 Å². The van der Waals surface area contributed by atoms with Crippen LogP contribution < -0.4 is 19.7 Å². The molecule has 0 aliphatic heterocycles. The van der Waals surface area contributed by atoms with Gasteiger partial charge in [-0.2, -0.15) is 0 Å². The SMILES string of the molecule is COc1ccc(OC)c([C@H](C)NC(=O)C[NH+](C)Cc2ccc(Cl)cc2)c1. The number of ether oxygens (including phenoxy) is 2. The average Bonchev–Trinajstić information content (AvgIpc) is 2.62. The van der Waals surface area contributed by atoms with Crippen LogP contribution in [0, 0.1) is 0 Å². The third-order valence-corrected chi connectivity index (χ3v) is 4.41. The number of nitrogens with one attached hydrogen (secondary N) is 2. The van der Waals surface area contributed by atoms with E-state index in [1.807, 2.05) is 56.4 Å². The Kier molecular flexibility index (Phi) is 7.30. The van der Waals surface area contributed by atoms with Crippen LogP contribution in [0.15, 0.2) is 42.5 Å². The summed E-state index contributed by atoms with van der Waals surface area (Å²) >= 11 is 5.90. The van der Waals surface area contributed by atoms with Gasteiger partial charge in [-0.25, -0.2) is 0 Å². The summed E-state index contributed by atoms with van der Waals surface area (Å²) < 4.78 is 10.7. The van der Waals surface area contributed by atoms with E-state index < -0.39 is 0 Å². The van der Waals surface area contributed by atoms with Gasteiger partial charge in [0, 0.05) is 16.1 Å². The van der Waals surface area contributed by atoms with Crippen LogP contribution in [0.5, 0.6) is 11.5 Å². The van der Waals surface area contributed by atoms with Gasteiger partial charge in [0.05, 0.1) is 27.3 Å². The lowest BCUT2D eigenvalue weighted by Crippen LogP contribution is -3.08. The number of methoxy groups -OCH3 is 2. The molecule has 0 fully saturated rings. The van der Waals surface area contributed by atoms with E-state index in [1.165, 1.54) is 0 Å². The molecule has 0 aliphatic carbocycles. The van der Waals surface area contributed by atoms with E-state index >= 15 is 0 Å². The molecule has 140 valence electrons. The molecule has 0 heterocycles. The Morgan fingerprint density at radius 1 is 1.15 bits per heavy atom. The molecule has 2 aromatic rings. The Labute approximate surface area is 159 Å². The first-order valence-corrected chi connectivity index (χ1v) is 8.87. The molecule has 2 aromatic carbocycles. The topological polar surface area (TPSA) is 52.0 Å². The first-order valence-electron chi connectivity index (χ1n) is 8.50. The summed E-state index contributed by atoms with van der Waals surface area (Å²) in [5.41, 5.74) is 2.03. The minimum Gasteiger partial charge on any atom is -0.497 e. The third-order valence-electron chi connectivity index (χ3n) is 4.16. The number of likely N-dealkylation sites (N-methyl/N-ethyl adjacent to an activating group) is 1. The molecule has 1 unspecified atom stereocenters. The molecule has 2 rings (SSSR count). The van der Waals surface area contributed by atoms with E-state index in [0.717, 1.165) is 34.1 Å². The van der Waals surface area contributed by atoms with Gasteiger partial charge in [-0.15, -0.1) is 0 Å². The van der Waals surface area contributed by atoms with E-state index in [4.69, 9.17) is 21.1 Å². The minimum atomic E-state index is -0.184. The van der Waals surface area contributed by atoms with Crippen LogP contribution in [0.3, 0.4) is 0 Å². The van der Waals surface area contributed by atoms with Gasteiger partial charge in [0.15, 0.2) is 6.54 Å². The predicted octanol–water partition coefficient (Wildman–Crippen LogP) is 2.25. The van der Waals surface area contributed by atoms with Crippen molar-refractivity contribution in [3.63, 3.8) is 0 Å². The molecule has 2 atom stereocenters. The molecule has 1 amide bonds. The summed E-state index contributed by atoms with van der Waals surface area (Å²) in [5.74, 6) is 1.43. The number of carbonyl (C=O) groups excluding carboxylic acids is 1. The molecule has 5 nitrogen and oxygen atoms in total. The van der Waals surface area contributed by atoms with Crippen LogP contribution in [0.25, 0.3) is 0 Å². The van der Waals surface area contributed by atoms with E-state index in [-0.39, 0.29) is 11.9 Å². The van der Waals surface area contributed by atoms with Crippen molar-refractivity contribution in [2.24, 2.45) is 0 Å². The molecule has 2 N–H and O–H groups in total. The highest BCUT2D eigenvalue weighted by Crippen LogP contribution is 2.29. The number of hydrogen-bond acceptors (Lipinski definition) is 3. The van der Waals surface area contributed by atoms with Crippen LogP contribution in [0.2, 0.25) is 5.02 Å². The van der Waals surface area contributed by atoms with Gasteiger partial charge in [0.1, 0.15) is 18.0 Å². The van der Waals surface area contributed by atoms with Crippen molar-refractivity contribution in [2.45, 2.75) is 19.5 Å². The Balaban J connectivity index is 1.95. The van der Waals surface area contributed by atoms with Crippen LogP contribution in [0.4, 0.5) is 0 Å². The molecule has 0 spiro atoms. The van der Waals surface area contributed by atoms with Gasteiger partial charge < -0.3 is 19.7 Å². The van der Waals surface area contributed by atoms with E-state index in [2.05, 4.69) is 5.32 Å². The molecular formula is C20H26ClN2O3+. The number of carbonyl (C=O) groups is 1. The zero-order valence-corrected chi connectivity index (χ0v) is 16.4. The second-order valence-electron chi connectivity index (χ2n) is 6.33. The zero-order valence-electron chi connectivity index (χ0n) is 15.6. The van der Waals surface area contributed by atoms with Crippen LogP contribution in [-0.2, 0) is 11.3 Å². The highest BCUT2D eigenvalue weighted by Gasteiger charge is 2.17. The van der Waals surface area contributed by atoms with Crippen molar-refractivity contribution in [1.29, 1.82) is 0 Å². The lowest BCUT2D eigenvalue weighted by molar-refractivity contribution is -0.885. The standard InChI is InChI=1S/C20H25ClN2O3/c1-14(18-11-17(25-3)9-10-19(18)26-4)22-20(24)13-23(2)12-15-5-7-16(21)8-6-15/h5-11,14H,12-13H2,1-4H3,(H,22,24)/p+1/t14-/m0/s1. The first-order chi connectivity index (χ1) is 12.4. The van der Waals surface area contributed by atoms with Crippen LogP contribution in [0.1, 0.15) is 24.1 Å². The summed E-state index contributed by atoms with van der Waals surface area (Å²) in [6, 6.07) is 13.1. The normalized spacial score (nSPS) is 13.0. The molecule has 0 bridgehead atoms. The number of quaternary nitrogens is 1. The Bertz CT molecular complexity index is 734. The molecule has 0 saturated heterocycles. The van der Waals surface area contributed by atoms with Gasteiger partial charge in [0.25, 0.3) is 5.91 Å². The van der Waals surface area contributed by atoms with Gasteiger partial charge in [-0.05, 0) is 37.3 Å². The number of halogens is 1. The van der Waals surface area contributed by atoms with E-state index in [0.29, 0.717) is 11.6 Å². The Morgan fingerprint density at radius 2 is 1.85 bits per heavy atom. The first kappa shape index (κ1) is 20.1. The number of benzene rings is 2. The third kappa shape index (κ3) is 5.64. The maximum Gasteiger partial charge on any atom is 0.275 e. The fraction of sp³-hybridized carbons (Fsp3) is 0.350. The van der Waals surface area contributed by atoms with Crippen molar-refractivity contribution in [3.8, 4) is 11.5 Å². The molecule has 26 heavy (non-hydrogen) atoms. The highest BCUT2D eigenvalue weighted by atomic mass is 35.5. The summed E-state index contributed by atoms with van der Waals surface area (Å²) in [6.45, 7) is 3.06. The second-order valence-corrected chi connectivity index (χ2v) is 6.77. The number of amides is 1. The fourth-order valence-electron chi connectivity index (χ4n) is 2.84. The fourth-order valence-corrected chi connectivity index (χ4v) is 2.96. The Hall–Kier alpha value is -2.24. The monoisotopic (exact) mass is 377 g/mol. The summed E-state index contributed by atoms with van der Waals surface area (Å²) in [6.07, 6.45) is 0. The number of hydrogen-bond donors (Lipinski definition) is 2. The van der Waals surface area contributed by atoms with E-state index in [1.54, 1.807) is 14.2 Å². The molecule has 0 saturated carbocycles. The predicted molar refractivity (Wildman–Crippen MR) is 103 cm³/mol. The summed E-state index contributed by atoms with van der Waals surface area (Å²) in [4.78, 5) is 13.5. The lowest BCUT2D eigenvalue weighted by Gasteiger charge is -2.20. The lowest BCUT2D eigenvalue weighted by atomic mass is 10.1. The van der Waals surface area contributed by atoms with Crippen molar-refractivity contribution in [3.05, 3.63) is 58.6 Å². The van der Waals surface area contributed by atoms with Gasteiger partial charge in [-0.1, -0.05) is 23.7 Å². The minimum absolute atomic E-state index is 0.0196.